The number of ether oxygens (including phenoxy) is 1. The van der Waals surface area contributed by atoms with Crippen LogP contribution in [-0.2, 0) is 14.4 Å². The van der Waals surface area contributed by atoms with Crippen molar-refractivity contribution in [2.24, 2.45) is 11.8 Å². The van der Waals surface area contributed by atoms with Crippen LogP contribution in [0.25, 0.3) is 0 Å². The van der Waals surface area contributed by atoms with E-state index in [-0.39, 0.29) is 40.4 Å². The molecule has 0 aromatic heterocycles. The molecule has 202 valence electrons. The molecule has 1 saturated carbocycles. The predicted octanol–water partition coefficient (Wildman–Crippen LogP) is 3.32. The lowest BCUT2D eigenvalue weighted by molar-refractivity contribution is -0.141. The van der Waals surface area contributed by atoms with Gasteiger partial charge in [0.15, 0.2) is 0 Å². The quantitative estimate of drug-likeness (QED) is 0.399. The van der Waals surface area contributed by atoms with Crippen molar-refractivity contribution in [1.82, 2.24) is 10.2 Å². The lowest BCUT2D eigenvalue weighted by Gasteiger charge is -2.37. The molecule has 3 amide bonds. The van der Waals surface area contributed by atoms with Crippen molar-refractivity contribution in [2.45, 2.75) is 85.3 Å². The van der Waals surface area contributed by atoms with Gasteiger partial charge in [-0.3, -0.25) is 14.4 Å². The molecule has 0 radical (unpaired) electrons. The minimum Gasteiger partial charge on any atom is -0.494 e. The monoisotopic (exact) mass is 593 g/mol. The third kappa shape index (κ3) is 4.67. The van der Waals surface area contributed by atoms with Gasteiger partial charge in [-0.1, -0.05) is 35.2 Å². The first kappa shape index (κ1) is 26.8. The number of carbonyl (C=O) groups is 3. The second kappa shape index (κ2) is 10.8. The second-order valence-electron chi connectivity index (χ2n) is 10.7. The molecular formula is C27H36BrN3O5S. The fraction of sp³-hybridized carbons (Fsp3) is 0.667. The van der Waals surface area contributed by atoms with E-state index in [0.29, 0.717) is 18.7 Å². The molecule has 4 aliphatic rings. The average molecular weight is 595 g/mol. The molecule has 4 fully saturated rings. The number of halogens is 1. The highest BCUT2D eigenvalue weighted by Crippen LogP contribution is 2.68. The summed E-state index contributed by atoms with van der Waals surface area (Å²) in [4.78, 5) is 43.1. The summed E-state index contributed by atoms with van der Waals surface area (Å²) in [7, 11) is 0. The van der Waals surface area contributed by atoms with Crippen molar-refractivity contribution in [1.29, 1.82) is 0 Å². The zero-order chi connectivity index (χ0) is 26.3. The van der Waals surface area contributed by atoms with E-state index in [1.165, 1.54) is 6.42 Å². The van der Waals surface area contributed by atoms with Gasteiger partial charge in [-0.2, -0.15) is 0 Å². The maximum atomic E-state index is 14.0. The predicted molar refractivity (Wildman–Crippen MR) is 147 cm³/mol. The zero-order valence-electron chi connectivity index (χ0n) is 21.3. The molecule has 37 heavy (non-hydrogen) atoms. The number of aliphatic hydroxyl groups excluding tert-OH is 1. The van der Waals surface area contributed by atoms with Crippen LogP contribution in [-0.4, -0.2) is 73.9 Å². The lowest BCUT2D eigenvalue weighted by Crippen LogP contribution is -2.58. The molecule has 3 heterocycles. The minimum absolute atomic E-state index is 0.00648. The first-order chi connectivity index (χ1) is 17.8. The molecule has 8 nitrogen and oxygen atoms in total. The van der Waals surface area contributed by atoms with Gasteiger partial charge in [0.1, 0.15) is 11.8 Å². The average Bonchev–Trinajstić information content (AvgIpc) is 3.48. The van der Waals surface area contributed by atoms with Crippen LogP contribution >= 0.6 is 27.7 Å². The fourth-order valence-corrected chi connectivity index (χ4v) is 10.4. The van der Waals surface area contributed by atoms with Crippen molar-refractivity contribution in [3.05, 3.63) is 24.3 Å². The Morgan fingerprint density at radius 1 is 1.22 bits per heavy atom. The minimum atomic E-state index is -0.715. The number of rotatable bonds is 8. The van der Waals surface area contributed by atoms with Gasteiger partial charge < -0.3 is 25.4 Å². The van der Waals surface area contributed by atoms with Gasteiger partial charge in [0, 0.05) is 21.8 Å². The molecular weight excluding hydrogens is 558 g/mol. The Hall–Kier alpha value is -1.78. The summed E-state index contributed by atoms with van der Waals surface area (Å²) in [5, 5.41) is 16.1. The Balaban J connectivity index is 1.43. The summed E-state index contributed by atoms with van der Waals surface area (Å²) in [6, 6.07) is 6.08. The van der Waals surface area contributed by atoms with E-state index in [9.17, 15) is 19.5 Å². The largest absolute Gasteiger partial charge is 0.494 e. The van der Waals surface area contributed by atoms with E-state index < -0.39 is 28.7 Å². The number of nitrogens with zero attached hydrogens (tertiary/aromatic N) is 1. The topological polar surface area (TPSA) is 108 Å². The van der Waals surface area contributed by atoms with E-state index in [2.05, 4.69) is 26.6 Å². The summed E-state index contributed by atoms with van der Waals surface area (Å²) >= 11 is 5.40. The smallest absolute Gasteiger partial charge is 0.244 e. The van der Waals surface area contributed by atoms with E-state index >= 15 is 0 Å². The van der Waals surface area contributed by atoms with E-state index in [1.807, 2.05) is 6.92 Å². The molecule has 5 rings (SSSR count). The van der Waals surface area contributed by atoms with Crippen LogP contribution < -0.4 is 15.4 Å². The molecule has 7 atom stereocenters. The Morgan fingerprint density at radius 2 is 1.92 bits per heavy atom. The summed E-state index contributed by atoms with van der Waals surface area (Å²) < 4.78 is 4.78. The van der Waals surface area contributed by atoms with Crippen molar-refractivity contribution in [2.75, 3.05) is 18.5 Å². The van der Waals surface area contributed by atoms with E-state index in [1.54, 1.807) is 47.9 Å². The molecule has 3 saturated heterocycles. The number of hydrogen-bond donors (Lipinski definition) is 3. The van der Waals surface area contributed by atoms with Crippen LogP contribution in [0.3, 0.4) is 0 Å². The van der Waals surface area contributed by atoms with Crippen LogP contribution in [0.1, 0.15) is 52.4 Å². The van der Waals surface area contributed by atoms with Gasteiger partial charge >= 0.3 is 0 Å². The lowest BCUT2D eigenvalue weighted by atomic mass is 9.70. The normalized spacial score (nSPS) is 33.8. The van der Waals surface area contributed by atoms with E-state index in [4.69, 9.17) is 4.74 Å². The van der Waals surface area contributed by atoms with Crippen LogP contribution in [0.4, 0.5) is 5.69 Å². The SMILES string of the molecule is CCOc1ccc(NC(=O)[C@H]2[C@H]3C(=O)N([C@H](C)CO)C(C(=O)NC4CCCCC4)C34CC(Br)[C@@H]2S4)cc1. The van der Waals surface area contributed by atoms with Gasteiger partial charge in [0.25, 0.3) is 0 Å². The molecule has 1 aliphatic carbocycles. The number of fused-ring (bicyclic) bond motifs is 1. The molecule has 3 N–H and O–H groups in total. The summed E-state index contributed by atoms with van der Waals surface area (Å²) in [5.74, 6) is -1.04. The highest BCUT2D eigenvalue weighted by atomic mass is 79.9. The van der Waals surface area contributed by atoms with Gasteiger partial charge in [0.05, 0.1) is 35.8 Å². The van der Waals surface area contributed by atoms with Crippen molar-refractivity contribution in [3.63, 3.8) is 0 Å². The third-order valence-corrected chi connectivity index (χ3v) is 11.6. The standard InChI is InChI=1S/C27H36BrN3O5S/c1-3-36-18-11-9-17(10-12-18)29-24(33)20-21-26(35)31(15(2)14-32)23(27(21)13-19(28)22(20)37-27)25(34)30-16-7-5-4-6-8-16/h9-12,15-16,19-23,32H,3-8,13-14H2,1-2H3,(H,29,33)(H,30,34)/t15-,19?,20+,21+,22+,23?,27?/m1/s1. The number of amides is 3. The van der Waals surface area contributed by atoms with Crippen molar-refractivity contribution >= 4 is 51.1 Å². The molecule has 2 bridgehead atoms. The fourth-order valence-electron chi connectivity index (χ4n) is 6.78. The number of nitrogens with one attached hydrogen (secondary N) is 2. The zero-order valence-corrected chi connectivity index (χ0v) is 23.7. The number of aliphatic hydroxyl groups is 1. The molecule has 1 aromatic rings. The number of carbonyl (C=O) groups excluding carboxylic acids is 3. The van der Waals surface area contributed by atoms with E-state index in [0.717, 1.165) is 31.4 Å². The summed E-state index contributed by atoms with van der Waals surface area (Å²) in [6.45, 7) is 4.01. The summed E-state index contributed by atoms with van der Waals surface area (Å²) in [5.41, 5.74) is 0.638. The summed E-state index contributed by atoms with van der Waals surface area (Å²) in [6.07, 6.45) is 5.88. The second-order valence-corrected chi connectivity index (χ2v) is 13.4. The van der Waals surface area contributed by atoms with Crippen LogP contribution in [0, 0.1) is 11.8 Å². The van der Waals surface area contributed by atoms with Crippen molar-refractivity contribution < 1.29 is 24.2 Å². The Morgan fingerprint density at radius 3 is 2.57 bits per heavy atom. The van der Waals surface area contributed by atoms with Crippen LogP contribution in [0.15, 0.2) is 24.3 Å². The molecule has 3 unspecified atom stereocenters. The highest BCUT2D eigenvalue weighted by Gasteiger charge is 2.76. The van der Waals surface area contributed by atoms with Gasteiger partial charge in [-0.15, -0.1) is 11.8 Å². The van der Waals surface area contributed by atoms with Crippen molar-refractivity contribution in [3.8, 4) is 5.75 Å². The molecule has 3 aliphatic heterocycles. The molecule has 1 spiro atoms. The number of alkyl halides is 1. The Bertz CT molecular complexity index is 1040. The number of likely N-dealkylation sites (tertiary alicyclic amines) is 1. The maximum Gasteiger partial charge on any atom is 0.244 e. The Labute approximate surface area is 230 Å². The van der Waals surface area contributed by atoms with Gasteiger partial charge in [-0.25, -0.2) is 0 Å². The van der Waals surface area contributed by atoms with Crippen LogP contribution in [0.2, 0.25) is 0 Å². The Kier molecular flexibility index (Phi) is 7.80. The molecule has 1 aromatic carbocycles. The first-order valence-corrected chi connectivity index (χ1v) is 15.2. The maximum absolute atomic E-state index is 14.0. The molecule has 10 heteroatoms. The third-order valence-electron chi connectivity index (χ3n) is 8.40. The number of benzene rings is 1. The highest BCUT2D eigenvalue weighted by molar-refractivity contribution is 9.09. The number of thioether (sulfide) groups is 1. The number of anilines is 1. The number of hydrogen-bond acceptors (Lipinski definition) is 6. The van der Waals surface area contributed by atoms with Gasteiger partial charge in [-0.05, 0) is 57.4 Å². The first-order valence-electron chi connectivity index (χ1n) is 13.4. The van der Waals surface area contributed by atoms with Gasteiger partial charge in [0.2, 0.25) is 17.7 Å². The van der Waals surface area contributed by atoms with Crippen LogP contribution in [0.5, 0.6) is 5.75 Å².